The summed E-state index contributed by atoms with van der Waals surface area (Å²) in [6, 6.07) is 10.5. The lowest BCUT2D eigenvalue weighted by atomic mass is 10.1. The van der Waals surface area contributed by atoms with E-state index in [1.54, 1.807) is 6.33 Å². The van der Waals surface area contributed by atoms with Crippen molar-refractivity contribution >= 4 is 11.9 Å². The van der Waals surface area contributed by atoms with Crippen LogP contribution in [0.15, 0.2) is 43.0 Å². The van der Waals surface area contributed by atoms with Crippen molar-refractivity contribution in [2.24, 2.45) is 5.73 Å². The summed E-state index contributed by atoms with van der Waals surface area (Å²) in [5.41, 5.74) is 9.38. The summed E-state index contributed by atoms with van der Waals surface area (Å²) >= 11 is 0. The molecule has 0 saturated carbocycles. The highest BCUT2D eigenvalue weighted by Gasteiger charge is 2.25. The molecule has 0 spiro atoms. The van der Waals surface area contributed by atoms with Crippen LogP contribution in [0.25, 0.3) is 11.3 Å². The van der Waals surface area contributed by atoms with E-state index >= 15 is 0 Å². The van der Waals surface area contributed by atoms with E-state index in [1.165, 1.54) is 5.69 Å². The molecule has 2 aliphatic rings. The van der Waals surface area contributed by atoms with E-state index in [1.807, 2.05) is 24.5 Å². The molecule has 138 valence electrons. The second-order valence-corrected chi connectivity index (χ2v) is 7.10. The Bertz CT molecular complexity index is 938. The summed E-state index contributed by atoms with van der Waals surface area (Å²) < 4.78 is 2.22. The van der Waals surface area contributed by atoms with Crippen LogP contribution in [0.2, 0.25) is 0 Å². The number of nitrogens with two attached hydrogens (primary N) is 1. The van der Waals surface area contributed by atoms with Crippen molar-refractivity contribution in [1.29, 1.82) is 0 Å². The van der Waals surface area contributed by atoms with Gasteiger partial charge in [-0.3, -0.25) is 0 Å². The van der Waals surface area contributed by atoms with Gasteiger partial charge in [-0.25, -0.2) is 15.0 Å². The average Bonchev–Trinajstić information content (AvgIpc) is 3.34. The first kappa shape index (κ1) is 16.2. The predicted molar refractivity (Wildman–Crippen MR) is 103 cm³/mol. The molecule has 1 fully saturated rings. The molecule has 2 aliphatic heterocycles. The molecular weight excluding hydrogens is 340 g/mol. The number of hydrogen-bond acceptors (Lipinski definition) is 7. The van der Waals surface area contributed by atoms with Crippen molar-refractivity contribution < 1.29 is 0 Å². The Morgan fingerprint density at radius 2 is 1.74 bits per heavy atom. The van der Waals surface area contributed by atoms with Gasteiger partial charge in [-0.05, 0) is 6.42 Å². The molecule has 1 saturated heterocycles. The first-order valence-corrected chi connectivity index (χ1v) is 9.32. The van der Waals surface area contributed by atoms with Crippen LogP contribution in [0.4, 0.5) is 11.9 Å². The number of benzene rings is 1. The van der Waals surface area contributed by atoms with Crippen molar-refractivity contribution in [3.63, 3.8) is 0 Å². The predicted octanol–water partition coefficient (Wildman–Crippen LogP) is 1.29. The van der Waals surface area contributed by atoms with Crippen LogP contribution >= 0.6 is 0 Å². The van der Waals surface area contributed by atoms with Crippen LogP contribution in [0.5, 0.6) is 0 Å². The largest absolute Gasteiger partial charge is 0.339 e. The van der Waals surface area contributed by atoms with Gasteiger partial charge in [-0.15, -0.1) is 0 Å². The molecule has 27 heavy (non-hydrogen) atoms. The zero-order chi connectivity index (χ0) is 18.2. The normalized spacial score (nSPS) is 19.4. The molecule has 0 radical (unpaired) electrons. The molecule has 8 heteroatoms. The first-order chi connectivity index (χ1) is 13.3. The lowest BCUT2D eigenvalue weighted by Gasteiger charge is -2.29. The Hall–Kier alpha value is -3.00. The van der Waals surface area contributed by atoms with Crippen molar-refractivity contribution in [3.05, 3.63) is 48.7 Å². The molecule has 2 aromatic heterocycles. The van der Waals surface area contributed by atoms with Crippen molar-refractivity contribution in [3.8, 4) is 11.3 Å². The number of imidazole rings is 1. The number of aromatic nitrogens is 5. The highest BCUT2D eigenvalue weighted by atomic mass is 15.4. The maximum absolute atomic E-state index is 6.02. The van der Waals surface area contributed by atoms with Gasteiger partial charge in [0.25, 0.3) is 0 Å². The van der Waals surface area contributed by atoms with E-state index in [2.05, 4.69) is 41.5 Å². The maximum atomic E-state index is 6.02. The minimum atomic E-state index is 0.197. The molecule has 1 atom stereocenters. The van der Waals surface area contributed by atoms with E-state index in [4.69, 9.17) is 10.7 Å². The lowest BCUT2D eigenvalue weighted by molar-refractivity contribution is 0.562. The van der Waals surface area contributed by atoms with Gasteiger partial charge < -0.3 is 20.1 Å². The molecule has 3 aromatic rings. The Labute approximate surface area is 157 Å². The fourth-order valence-electron chi connectivity index (χ4n) is 3.82. The Kier molecular flexibility index (Phi) is 3.97. The molecule has 1 aromatic carbocycles. The van der Waals surface area contributed by atoms with Gasteiger partial charge in [0.05, 0.1) is 24.3 Å². The molecular formula is C19H22N8. The van der Waals surface area contributed by atoms with Gasteiger partial charge in [0.15, 0.2) is 0 Å². The summed E-state index contributed by atoms with van der Waals surface area (Å²) in [4.78, 5) is 22.5. The third-order valence-electron chi connectivity index (χ3n) is 5.28. The van der Waals surface area contributed by atoms with Gasteiger partial charge in [0.1, 0.15) is 6.33 Å². The highest BCUT2D eigenvalue weighted by Crippen LogP contribution is 2.27. The van der Waals surface area contributed by atoms with Crippen molar-refractivity contribution in [2.45, 2.75) is 25.6 Å². The van der Waals surface area contributed by atoms with E-state index in [-0.39, 0.29) is 6.04 Å². The molecule has 0 bridgehead atoms. The van der Waals surface area contributed by atoms with Gasteiger partial charge in [-0.2, -0.15) is 4.98 Å². The number of anilines is 2. The SMILES string of the molecule is NC1CCN(c2ncnc(N3CCn4cnc(-c5ccccc5)c4C3)n2)C1. The fraction of sp³-hybridized carbons (Fsp3) is 0.368. The molecule has 2 N–H and O–H groups in total. The van der Waals surface area contributed by atoms with Crippen LogP contribution in [0.1, 0.15) is 12.1 Å². The van der Waals surface area contributed by atoms with Crippen LogP contribution in [0.3, 0.4) is 0 Å². The summed E-state index contributed by atoms with van der Waals surface area (Å²) in [6.45, 7) is 4.14. The number of fused-ring (bicyclic) bond motifs is 1. The van der Waals surface area contributed by atoms with E-state index in [0.29, 0.717) is 5.95 Å². The molecule has 1 unspecified atom stereocenters. The zero-order valence-corrected chi connectivity index (χ0v) is 15.1. The van der Waals surface area contributed by atoms with Gasteiger partial charge >= 0.3 is 0 Å². The minimum absolute atomic E-state index is 0.197. The average molecular weight is 362 g/mol. The Balaban J connectivity index is 1.42. The Morgan fingerprint density at radius 1 is 0.926 bits per heavy atom. The number of nitrogens with zero attached hydrogens (tertiary/aromatic N) is 7. The molecule has 4 heterocycles. The standard InChI is InChI=1S/C19H22N8/c20-15-6-7-25(10-15)18-21-12-22-19(24-18)26-8-9-27-13-23-17(16(27)11-26)14-4-2-1-3-5-14/h1-5,12-13,15H,6-11,20H2. The topological polar surface area (TPSA) is 89.0 Å². The molecule has 5 rings (SSSR count). The smallest absolute Gasteiger partial charge is 0.230 e. The second-order valence-electron chi connectivity index (χ2n) is 7.10. The maximum Gasteiger partial charge on any atom is 0.230 e. The third-order valence-corrected chi connectivity index (χ3v) is 5.28. The lowest BCUT2D eigenvalue weighted by Crippen LogP contribution is -2.35. The third kappa shape index (κ3) is 3.02. The van der Waals surface area contributed by atoms with E-state index in [9.17, 15) is 0 Å². The van der Waals surface area contributed by atoms with Crippen molar-refractivity contribution in [2.75, 3.05) is 29.4 Å². The first-order valence-electron chi connectivity index (χ1n) is 9.32. The number of hydrogen-bond donors (Lipinski definition) is 1. The summed E-state index contributed by atoms with van der Waals surface area (Å²) in [7, 11) is 0. The van der Waals surface area contributed by atoms with Crippen LogP contribution < -0.4 is 15.5 Å². The van der Waals surface area contributed by atoms with Gasteiger partial charge in [-0.1, -0.05) is 30.3 Å². The highest BCUT2D eigenvalue weighted by molar-refractivity contribution is 5.62. The molecule has 0 aliphatic carbocycles. The summed E-state index contributed by atoms with van der Waals surface area (Å²) in [5.74, 6) is 1.43. The number of rotatable bonds is 3. The monoisotopic (exact) mass is 362 g/mol. The van der Waals surface area contributed by atoms with Crippen molar-refractivity contribution in [1.82, 2.24) is 24.5 Å². The van der Waals surface area contributed by atoms with E-state index in [0.717, 1.165) is 56.4 Å². The second kappa shape index (κ2) is 6.62. The quantitative estimate of drug-likeness (QED) is 0.751. The summed E-state index contributed by atoms with van der Waals surface area (Å²) in [6.07, 6.45) is 4.51. The van der Waals surface area contributed by atoms with E-state index < -0.39 is 0 Å². The van der Waals surface area contributed by atoms with Crippen LogP contribution in [0, 0.1) is 0 Å². The van der Waals surface area contributed by atoms with Crippen LogP contribution in [-0.2, 0) is 13.1 Å². The minimum Gasteiger partial charge on any atom is -0.339 e. The summed E-state index contributed by atoms with van der Waals surface area (Å²) in [5, 5.41) is 0. The molecule has 8 nitrogen and oxygen atoms in total. The van der Waals surface area contributed by atoms with Gasteiger partial charge in [0, 0.05) is 37.8 Å². The zero-order valence-electron chi connectivity index (χ0n) is 15.1. The van der Waals surface area contributed by atoms with Gasteiger partial charge in [0.2, 0.25) is 11.9 Å². The Morgan fingerprint density at radius 3 is 2.52 bits per heavy atom. The van der Waals surface area contributed by atoms with Crippen LogP contribution in [-0.4, -0.2) is 50.2 Å². The molecule has 0 amide bonds. The fourth-order valence-corrected chi connectivity index (χ4v) is 3.82.